The Morgan fingerprint density at radius 1 is 0.438 bits per heavy atom. The van der Waals surface area contributed by atoms with Crippen LogP contribution in [0.15, 0.2) is 121 Å². The monoisotopic (exact) mass is 429 g/mol. The molecule has 1 aromatic heterocycles. The molecule has 6 aromatic rings. The number of hydrogen-bond acceptors (Lipinski definition) is 0. The van der Waals surface area contributed by atoms with Gasteiger partial charge in [-0.3, -0.25) is 0 Å². The molecule has 0 spiro atoms. The topological polar surface area (TPSA) is 4.93 Å². The van der Waals surface area contributed by atoms with Crippen molar-refractivity contribution in [3.05, 3.63) is 126 Å². The first kappa shape index (κ1) is 18.9. The van der Waals surface area contributed by atoms with Crippen molar-refractivity contribution in [2.75, 3.05) is 0 Å². The van der Waals surface area contributed by atoms with E-state index in [1.165, 1.54) is 21.8 Å². The molecule has 6 rings (SSSR count). The van der Waals surface area contributed by atoms with Gasteiger partial charge in [-0.15, -0.1) is 0 Å². The van der Waals surface area contributed by atoms with Crippen LogP contribution in [0.5, 0.6) is 0 Å². The summed E-state index contributed by atoms with van der Waals surface area (Å²) in [7, 11) is 0. The van der Waals surface area contributed by atoms with Crippen molar-refractivity contribution in [1.82, 2.24) is 4.57 Å². The van der Waals surface area contributed by atoms with Crippen molar-refractivity contribution in [3.8, 4) is 27.9 Å². The second-order valence-corrected chi connectivity index (χ2v) is 8.45. The van der Waals surface area contributed by atoms with E-state index < -0.39 is 0 Å². The SMILES string of the molecule is Clc1cc(-c2ccccc2)cc(-c2cccc(-n3c4ccccc4c4ccccc43)c2)c1. The number of para-hydroxylation sites is 2. The van der Waals surface area contributed by atoms with E-state index >= 15 is 0 Å². The fraction of sp³-hybridized carbons (Fsp3) is 0. The van der Waals surface area contributed by atoms with Crippen LogP contribution in [0.3, 0.4) is 0 Å². The van der Waals surface area contributed by atoms with Gasteiger partial charge in [0.1, 0.15) is 0 Å². The van der Waals surface area contributed by atoms with Gasteiger partial charge in [-0.1, -0.05) is 90.5 Å². The van der Waals surface area contributed by atoms with Crippen molar-refractivity contribution in [2.24, 2.45) is 0 Å². The molecule has 0 aliphatic carbocycles. The molecule has 152 valence electrons. The van der Waals surface area contributed by atoms with Crippen LogP contribution in [-0.4, -0.2) is 4.57 Å². The molecule has 1 heterocycles. The fourth-order valence-electron chi connectivity index (χ4n) is 4.58. The molecule has 32 heavy (non-hydrogen) atoms. The lowest BCUT2D eigenvalue weighted by Crippen LogP contribution is -1.94. The second-order valence-electron chi connectivity index (χ2n) is 8.01. The van der Waals surface area contributed by atoms with Crippen LogP contribution in [0, 0.1) is 0 Å². The van der Waals surface area contributed by atoms with E-state index in [-0.39, 0.29) is 0 Å². The first-order valence-corrected chi connectivity index (χ1v) is 11.1. The summed E-state index contributed by atoms with van der Waals surface area (Å²) in [5, 5.41) is 3.27. The highest BCUT2D eigenvalue weighted by atomic mass is 35.5. The third kappa shape index (κ3) is 3.19. The summed E-state index contributed by atoms with van der Waals surface area (Å²) in [6.45, 7) is 0. The maximum absolute atomic E-state index is 6.54. The molecule has 0 aliphatic rings. The zero-order valence-corrected chi connectivity index (χ0v) is 18.1. The zero-order valence-electron chi connectivity index (χ0n) is 17.4. The van der Waals surface area contributed by atoms with Crippen LogP contribution >= 0.6 is 11.6 Å². The average molecular weight is 430 g/mol. The van der Waals surface area contributed by atoms with Gasteiger partial charge >= 0.3 is 0 Å². The maximum Gasteiger partial charge on any atom is 0.0541 e. The van der Waals surface area contributed by atoms with E-state index in [2.05, 4.69) is 108 Å². The molecule has 0 saturated heterocycles. The molecule has 0 radical (unpaired) electrons. The molecule has 0 fully saturated rings. The van der Waals surface area contributed by atoms with Crippen molar-refractivity contribution >= 4 is 33.4 Å². The van der Waals surface area contributed by atoms with Crippen LogP contribution in [0.1, 0.15) is 0 Å². The lowest BCUT2D eigenvalue weighted by Gasteiger charge is -2.12. The molecular weight excluding hydrogens is 410 g/mol. The third-order valence-electron chi connectivity index (χ3n) is 6.02. The number of benzene rings is 5. The minimum atomic E-state index is 0.739. The van der Waals surface area contributed by atoms with E-state index in [1.807, 2.05) is 18.2 Å². The minimum absolute atomic E-state index is 0.739. The average Bonchev–Trinajstić information content (AvgIpc) is 3.19. The molecule has 2 heteroatoms. The first-order valence-electron chi connectivity index (χ1n) is 10.7. The Morgan fingerprint density at radius 3 is 1.69 bits per heavy atom. The van der Waals surface area contributed by atoms with Gasteiger partial charge in [-0.25, -0.2) is 0 Å². The van der Waals surface area contributed by atoms with Crippen LogP contribution in [0.4, 0.5) is 0 Å². The highest BCUT2D eigenvalue weighted by molar-refractivity contribution is 6.31. The third-order valence-corrected chi connectivity index (χ3v) is 6.24. The Labute approximate surface area is 192 Å². The lowest BCUT2D eigenvalue weighted by atomic mass is 9.99. The van der Waals surface area contributed by atoms with Crippen LogP contribution in [-0.2, 0) is 0 Å². The highest BCUT2D eigenvalue weighted by Crippen LogP contribution is 2.34. The van der Waals surface area contributed by atoms with Crippen LogP contribution in [0.2, 0.25) is 5.02 Å². The number of nitrogens with zero attached hydrogens (tertiary/aromatic N) is 1. The van der Waals surface area contributed by atoms with Crippen molar-refractivity contribution < 1.29 is 0 Å². The molecule has 0 bridgehead atoms. The summed E-state index contributed by atoms with van der Waals surface area (Å²) < 4.78 is 2.34. The first-order chi connectivity index (χ1) is 15.8. The van der Waals surface area contributed by atoms with E-state index in [0.717, 1.165) is 33.0 Å². The fourth-order valence-corrected chi connectivity index (χ4v) is 4.81. The van der Waals surface area contributed by atoms with Crippen molar-refractivity contribution in [1.29, 1.82) is 0 Å². The molecule has 1 nitrogen and oxygen atoms in total. The summed E-state index contributed by atoms with van der Waals surface area (Å²) in [5.41, 5.74) is 8.10. The Kier molecular flexibility index (Phi) is 4.56. The molecule has 5 aromatic carbocycles. The van der Waals surface area contributed by atoms with Gasteiger partial charge in [-0.2, -0.15) is 0 Å². The smallest absolute Gasteiger partial charge is 0.0541 e. The summed E-state index contributed by atoms with van der Waals surface area (Å²) in [6.07, 6.45) is 0. The van der Waals surface area contributed by atoms with Gasteiger partial charge in [0.15, 0.2) is 0 Å². The van der Waals surface area contributed by atoms with Gasteiger partial charge in [0.2, 0.25) is 0 Å². The standard InChI is InChI=1S/C30H20ClN/c31-25-18-23(21-9-2-1-3-10-21)17-24(19-25)22-11-8-12-26(20-22)32-29-15-6-4-13-27(29)28-14-5-7-16-30(28)32/h1-20H. The van der Waals surface area contributed by atoms with Crippen LogP contribution in [0.25, 0.3) is 49.7 Å². The largest absolute Gasteiger partial charge is 0.309 e. The van der Waals surface area contributed by atoms with E-state index in [9.17, 15) is 0 Å². The quantitative estimate of drug-likeness (QED) is 0.265. The predicted octanol–water partition coefficient (Wildman–Crippen LogP) is 8.77. The van der Waals surface area contributed by atoms with Gasteiger partial charge in [0.25, 0.3) is 0 Å². The number of aromatic nitrogens is 1. The Hall–Kier alpha value is -3.81. The van der Waals surface area contributed by atoms with Gasteiger partial charge < -0.3 is 4.57 Å². The minimum Gasteiger partial charge on any atom is -0.309 e. The summed E-state index contributed by atoms with van der Waals surface area (Å²) in [6, 6.07) is 42.5. The van der Waals surface area contributed by atoms with Crippen molar-refractivity contribution in [2.45, 2.75) is 0 Å². The predicted molar refractivity (Wildman–Crippen MR) is 137 cm³/mol. The van der Waals surface area contributed by atoms with Gasteiger partial charge in [-0.05, 0) is 64.7 Å². The summed E-state index contributed by atoms with van der Waals surface area (Å²) in [5.74, 6) is 0. The van der Waals surface area contributed by atoms with E-state index in [4.69, 9.17) is 11.6 Å². The number of rotatable bonds is 3. The molecule has 0 saturated carbocycles. The van der Waals surface area contributed by atoms with Gasteiger partial charge in [0.05, 0.1) is 11.0 Å². The number of hydrogen-bond donors (Lipinski definition) is 0. The van der Waals surface area contributed by atoms with Gasteiger partial charge in [0, 0.05) is 21.5 Å². The summed E-state index contributed by atoms with van der Waals surface area (Å²) >= 11 is 6.54. The maximum atomic E-state index is 6.54. The van der Waals surface area contributed by atoms with Crippen LogP contribution < -0.4 is 0 Å². The Bertz CT molecular complexity index is 1520. The van der Waals surface area contributed by atoms with Crippen molar-refractivity contribution in [3.63, 3.8) is 0 Å². The molecular formula is C30H20ClN. The molecule has 0 N–H and O–H groups in total. The Balaban J connectivity index is 1.54. The zero-order chi connectivity index (χ0) is 21.5. The molecule has 0 unspecified atom stereocenters. The highest BCUT2D eigenvalue weighted by Gasteiger charge is 2.12. The summed E-state index contributed by atoms with van der Waals surface area (Å²) in [4.78, 5) is 0. The Morgan fingerprint density at radius 2 is 1.00 bits per heavy atom. The molecule has 0 aliphatic heterocycles. The second kappa shape index (κ2) is 7.71. The van der Waals surface area contributed by atoms with E-state index in [0.29, 0.717) is 0 Å². The number of fused-ring (bicyclic) bond motifs is 3. The lowest BCUT2D eigenvalue weighted by molar-refractivity contribution is 1.18. The molecule has 0 amide bonds. The molecule has 0 atom stereocenters. The normalized spacial score (nSPS) is 11.3. The van der Waals surface area contributed by atoms with E-state index in [1.54, 1.807) is 0 Å². The number of halogens is 1.